The molecule has 1 saturated heterocycles. The van der Waals surface area contributed by atoms with Gasteiger partial charge in [-0.2, -0.15) is 0 Å². The van der Waals surface area contributed by atoms with Crippen LogP contribution in [0.25, 0.3) is 20.9 Å². The number of primary amides is 1. The van der Waals surface area contributed by atoms with Crippen molar-refractivity contribution < 1.29 is 19.7 Å². The largest absolute Gasteiger partial charge is 0.459 e. The molecule has 11 nitrogen and oxygen atoms in total. The number of carbonyl (C=O) groups is 1. The summed E-state index contributed by atoms with van der Waals surface area (Å²) in [5, 5.41) is 9.08. The van der Waals surface area contributed by atoms with E-state index in [1.54, 1.807) is 24.7 Å². The molecular weight excluding hydrogens is 538 g/mol. The fraction of sp³-hybridized carbons (Fsp3) is 0.385. The van der Waals surface area contributed by atoms with Gasteiger partial charge in [-0.25, -0.2) is 9.97 Å². The standard InChI is InChI=1S/C26H29N7O4S2/c27-16-3-1-2-4-17(16)31-14-9-18(22(25(28)35)29-11-14)32-20-12-30-26(38-20)15-13-37-23-19(34)10-21(39-24(15)23)33-5-7-36-8-6-33/h9-13,16-17,31-32H,1-8,27H2,(H2,28,35)/p+1/t16-,17+/m1/s1. The molecule has 2 fully saturated rings. The molecule has 13 heteroatoms. The Morgan fingerprint density at radius 2 is 1.95 bits per heavy atom. The van der Waals surface area contributed by atoms with E-state index in [0.29, 0.717) is 40.5 Å². The molecule has 4 aromatic heterocycles. The molecule has 204 valence electrons. The van der Waals surface area contributed by atoms with Crippen molar-refractivity contribution >= 4 is 60.2 Å². The Balaban J connectivity index is 1.28. The van der Waals surface area contributed by atoms with Crippen molar-refractivity contribution in [3.63, 3.8) is 0 Å². The van der Waals surface area contributed by atoms with E-state index >= 15 is 0 Å². The average Bonchev–Trinajstić information content (AvgIpc) is 3.58. The van der Waals surface area contributed by atoms with Crippen molar-refractivity contribution in [3.05, 3.63) is 46.7 Å². The zero-order valence-corrected chi connectivity index (χ0v) is 22.9. The van der Waals surface area contributed by atoms with Gasteiger partial charge in [-0.05, 0) is 18.9 Å². The van der Waals surface area contributed by atoms with Gasteiger partial charge in [0.15, 0.2) is 11.3 Å². The predicted octanol–water partition coefficient (Wildman–Crippen LogP) is 3.02. The number of hydrogen-bond acceptors (Lipinski definition) is 11. The lowest BCUT2D eigenvalue weighted by Gasteiger charge is -2.27. The van der Waals surface area contributed by atoms with Crippen molar-refractivity contribution in [2.75, 3.05) is 41.8 Å². The first-order valence-electron chi connectivity index (χ1n) is 13.0. The molecule has 1 aliphatic carbocycles. The van der Waals surface area contributed by atoms with Crippen LogP contribution in [0.5, 0.6) is 0 Å². The smallest absolute Gasteiger partial charge is 0.269 e. The lowest BCUT2D eigenvalue weighted by atomic mass is 9.91. The van der Waals surface area contributed by atoms with Crippen LogP contribution < -0.4 is 32.4 Å². The minimum absolute atomic E-state index is 0.146. The molecule has 2 atom stereocenters. The highest BCUT2D eigenvalue weighted by Gasteiger charge is 2.25. The van der Waals surface area contributed by atoms with Gasteiger partial charge in [0.05, 0.1) is 58.3 Å². The number of rotatable bonds is 7. The molecule has 2 aliphatic rings. The number of carbonyl (C=O) groups excluding carboxylic acids is 1. The minimum Gasteiger partial charge on any atom is -0.459 e. The number of furan rings is 1. The molecule has 1 amide bonds. The number of amides is 1. The molecule has 0 bridgehead atoms. The van der Waals surface area contributed by atoms with Gasteiger partial charge in [0.1, 0.15) is 22.3 Å². The second-order valence-corrected chi connectivity index (χ2v) is 11.9. The fourth-order valence-electron chi connectivity index (χ4n) is 5.05. The maximum absolute atomic E-state index is 12.8. The van der Waals surface area contributed by atoms with E-state index in [1.807, 2.05) is 6.07 Å². The van der Waals surface area contributed by atoms with Crippen LogP contribution in [0, 0.1) is 0 Å². The Kier molecular flexibility index (Phi) is 7.21. The monoisotopic (exact) mass is 568 g/mol. The topological polar surface area (TPSA) is 163 Å². The first-order chi connectivity index (χ1) is 19.0. The van der Waals surface area contributed by atoms with Gasteiger partial charge >= 0.3 is 0 Å². The summed E-state index contributed by atoms with van der Waals surface area (Å²) in [5.41, 5.74) is 12.3. The summed E-state index contributed by atoms with van der Waals surface area (Å²) in [4.78, 5) is 36.0. The molecular formula is C26H30N7O4S2+. The van der Waals surface area contributed by atoms with E-state index in [9.17, 15) is 9.59 Å². The van der Waals surface area contributed by atoms with Crippen molar-refractivity contribution in [1.29, 1.82) is 0 Å². The number of nitrogens with two attached hydrogens (primary N) is 1. The Morgan fingerprint density at radius 1 is 1.13 bits per heavy atom. The summed E-state index contributed by atoms with van der Waals surface area (Å²) >= 11 is 2.90. The van der Waals surface area contributed by atoms with Gasteiger partial charge < -0.3 is 36.2 Å². The quantitative estimate of drug-likeness (QED) is 0.262. The van der Waals surface area contributed by atoms with Crippen LogP contribution in [0.4, 0.5) is 21.4 Å². The van der Waals surface area contributed by atoms with Crippen LogP contribution in [0.15, 0.2) is 40.0 Å². The van der Waals surface area contributed by atoms with E-state index in [1.165, 1.54) is 29.1 Å². The van der Waals surface area contributed by atoms with E-state index in [0.717, 1.165) is 53.3 Å². The number of anilines is 4. The van der Waals surface area contributed by atoms with Gasteiger partial charge in [-0.15, -0.1) is 11.3 Å². The fourth-order valence-corrected chi connectivity index (χ4v) is 7.14. The third-order valence-electron chi connectivity index (χ3n) is 7.13. The number of fused-ring (bicyclic) bond motifs is 1. The number of pyridine rings is 1. The van der Waals surface area contributed by atoms with Crippen LogP contribution in [0.3, 0.4) is 0 Å². The highest BCUT2D eigenvalue weighted by atomic mass is 32.1. The third kappa shape index (κ3) is 5.35. The van der Waals surface area contributed by atoms with E-state index in [4.69, 9.17) is 14.9 Å². The molecule has 0 radical (unpaired) electrons. The number of nitrogens with one attached hydrogen (secondary N) is 2. The second-order valence-electron chi connectivity index (χ2n) is 9.79. The van der Waals surface area contributed by atoms with Crippen LogP contribution in [0.2, 0.25) is 0 Å². The summed E-state index contributed by atoms with van der Waals surface area (Å²) in [5.74, 6) is -0.622. The lowest BCUT2D eigenvalue weighted by Crippen LogP contribution is -2.68. The molecule has 6 rings (SSSR count). The number of ether oxygens (including phenoxy) is 1. The average molecular weight is 569 g/mol. The number of thiazole rings is 1. The van der Waals surface area contributed by atoms with Gasteiger partial charge in [0.25, 0.3) is 5.91 Å². The SMILES string of the molecule is NC(=O)c1ncc(N[C@H]2CCCC[C@H]2[NH3+])cc1Nc1cnc(-c2coc3c(=O)cc(N4CCOCC4)sc23)s1. The summed E-state index contributed by atoms with van der Waals surface area (Å²) in [6.45, 7) is 2.74. The Hall–Kier alpha value is -3.52. The maximum atomic E-state index is 12.8. The van der Waals surface area contributed by atoms with Crippen LogP contribution in [0.1, 0.15) is 36.2 Å². The van der Waals surface area contributed by atoms with Gasteiger partial charge in [0.2, 0.25) is 5.43 Å². The summed E-state index contributed by atoms with van der Waals surface area (Å²) in [7, 11) is 0. The number of aromatic nitrogens is 2. The zero-order valence-electron chi connectivity index (χ0n) is 21.3. The van der Waals surface area contributed by atoms with Crippen LogP contribution in [-0.2, 0) is 4.74 Å². The van der Waals surface area contributed by atoms with Crippen molar-refractivity contribution in [2.24, 2.45) is 5.73 Å². The molecule has 1 aliphatic heterocycles. The van der Waals surface area contributed by atoms with Crippen LogP contribution >= 0.6 is 22.7 Å². The Bertz CT molecular complexity index is 1560. The summed E-state index contributed by atoms with van der Waals surface area (Å²) in [6, 6.07) is 4.05. The number of hydrogen-bond donors (Lipinski definition) is 4. The summed E-state index contributed by atoms with van der Waals surface area (Å²) in [6.07, 6.45) is 9.39. The number of nitrogens with zero attached hydrogens (tertiary/aromatic N) is 3. The zero-order chi connectivity index (χ0) is 26.9. The van der Waals surface area contributed by atoms with Crippen LogP contribution in [-0.4, -0.2) is 54.3 Å². The molecule has 0 spiro atoms. The minimum atomic E-state index is -0.622. The van der Waals surface area contributed by atoms with Gasteiger partial charge in [-0.3, -0.25) is 9.59 Å². The first kappa shape index (κ1) is 25.7. The van der Waals surface area contributed by atoms with Crippen molar-refractivity contribution in [1.82, 2.24) is 9.97 Å². The maximum Gasteiger partial charge on any atom is 0.269 e. The Labute approximate surface area is 232 Å². The Morgan fingerprint density at radius 3 is 2.74 bits per heavy atom. The highest BCUT2D eigenvalue weighted by Crippen LogP contribution is 2.39. The van der Waals surface area contributed by atoms with E-state index in [-0.39, 0.29) is 17.2 Å². The normalized spacial score (nSPS) is 19.8. The highest BCUT2D eigenvalue weighted by molar-refractivity contribution is 7.23. The second kappa shape index (κ2) is 10.9. The van der Waals surface area contributed by atoms with Crippen molar-refractivity contribution in [2.45, 2.75) is 37.8 Å². The van der Waals surface area contributed by atoms with E-state index < -0.39 is 5.91 Å². The molecule has 0 unspecified atom stereocenters. The molecule has 5 heterocycles. The lowest BCUT2D eigenvalue weighted by molar-refractivity contribution is -0.427. The third-order valence-corrected chi connectivity index (χ3v) is 9.27. The van der Waals surface area contributed by atoms with Crippen molar-refractivity contribution in [3.8, 4) is 10.6 Å². The molecule has 1 saturated carbocycles. The predicted molar refractivity (Wildman–Crippen MR) is 153 cm³/mol. The molecule has 0 aromatic carbocycles. The molecule has 39 heavy (non-hydrogen) atoms. The van der Waals surface area contributed by atoms with E-state index in [2.05, 4.69) is 31.2 Å². The first-order valence-corrected chi connectivity index (χ1v) is 14.6. The van der Waals surface area contributed by atoms with Gasteiger partial charge in [0, 0.05) is 25.6 Å². The summed E-state index contributed by atoms with van der Waals surface area (Å²) < 4.78 is 11.9. The number of quaternary nitrogens is 1. The molecule has 7 N–H and O–H groups in total. The van der Waals surface area contributed by atoms with Gasteiger partial charge in [-0.1, -0.05) is 17.8 Å². The molecule has 4 aromatic rings. The number of morpholine rings is 1.